The Kier molecular flexibility index (Phi) is 3.57. The van der Waals surface area contributed by atoms with Crippen LogP contribution in [0.25, 0.3) is 11.1 Å². The van der Waals surface area contributed by atoms with E-state index in [2.05, 4.69) is 0 Å². The summed E-state index contributed by atoms with van der Waals surface area (Å²) >= 11 is 0. The van der Waals surface area contributed by atoms with Gasteiger partial charge in [-0.2, -0.15) is 0 Å². The zero-order valence-corrected chi connectivity index (χ0v) is 14.9. The minimum atomic E-state index is -0.467. The van der Waals surface area contributed by atoms with E-state index in [1.807, 2.05) is 0 Å². The molecule has 1 atom stereocenters. The topological polar surface area (TPSA) is 129 Å². The van der Waals surface area contributed by atoms with E-state index in [4.69, 9.17) is 14.5 Å². The number of phenolic OH excluding ortho intramolecular Hbond substituents is 5. The SMILES string of the molecule is Oc1cc(O)c2c(c1)OOc1cc(O)c3c(c1-2)O[C@H](c1ccc(O)c(O)c1)CC3. The first kappa shape index (κ1) is 17.2. The number of ether oxygens (including phenoxy) is 1. The van der Waals surface area contributed by atoms with Crippen molar-refractivity contribution in [2.75, 3.05) is 0 Å². The maximum atomic E-state index is 10.4. The lowest BCUT2D eigenvalue weighted by atomic mass is 9.91. The molecule has 5 N–H and O–H groups in total. The van der Waals surface area contributed by atoms with Crippen LogP contribution in [0.5, 0.6) is 46.0 Å². The second-order valence-electron chi connectivity index (χ2n) is 6.97. The van der Waals surface area contributed by atoms with Gasteiger partial charge in [0.05, 0.1) is 11.1 Å². The normalized spacial score (nSPS) is 16.5. The van der Waals surface area contributed by atoms with Gasteiger partial charge in [-0.15, -0.1) is 0 Å². The Balaban J connectivity index is 1.67. The summed E-state index contributed by atoms with van der Waals surface area (Å²) in [6.45, 7) is 0. The molecular weight excluding hydrogens is 380 g/mol. The molecule has 0 spiro atoms. The van der Waals surface area contributed by atoms with Crippen LogP contribution in [0.15, 0.2) is 36.4 Å². The van der Waals surface area contributed by atoms with Crippen molar-refractivity contribution in [2.45, 2.75) is 18.9 Å². The van der Waals surface area contributed by atoms with Crippen molar-refractivity contribution < 1.29 is 40.0 Å². The highest BCUT2D eigenvalue weighted by Gasteiger charge is 2.35. The first-order chi connectivity index (χ1) is 13.9. The predicted octanol–water partition coefficient (Wildman–Crippen LogP) is 3.63. The van der Waals surface area contributed by atoms with Crippen LogP contribution in [-0.4, -0.2) is 25.5 Å². The van der Waals surface area contributed by atoms with Crippen LogP contribution >= 0.6 is 0 Å². The second-order valence-corrected chi connectivity index (χ2v) is 6.97. The zero-order valence-electron chi connectivity index (χ0n) is 14.9. The molecule has 3 aromatic rings. The Bertz CT molecular complexity index is 1150. The third kappa shape index (κ3) is 2.60. The van der Waals surface area contributed by atoms with Crippen LogP contribution in [0.2, 0.25) is 0 Å². The van der Waals surface area contributed by atoms with E-state index in [-0.39, 0.29) is 45.8 Å². The summed E-state index contributed by atoms with van der Waals surface area (Å²) in [5.41, 5.74) is 1.86. The Labute approximate surface area is 164 Å². The third-order valence-electron chi connectivity index (χ3n) is 5.15. The minimum absolute atomic E-state index is 0.0314. The smallest absolute Gasteiger partial charge is 0.194 e. The minimum Gasteiger partial charge on any atom is -0.508 e. The summed E-state index contributed by atoms with van der Waals surface area (Å²) in [5, 5.41) is 49.9. The van der Waals surface area contributed by atoms with Gasteiger partial charge in [0, 0.05) is 23.8 Å². The standard InChI is InChI=1S/C21H16O8/c22-10-6-15(26)19-17(7-10)28-29-18-8-13(24)11-2-4-16(27-21(11)20(18)19)9-1-3-12(23)14(25)5-9/h1,3,5-8,16,22-26H,2,4H2/t16-/m0/s1. The van der Waals surface area contributed by atoms with Gasteiger partial charge in [0.15, 0.2) is 23.0 Å². The van der Waals surface area contributed by atoms with Crippen LogP contribution in [0.3, 0.4) is 0 Å². The maximum Gasteiger partial charge on any atom is 0.194 e. The van der Waals surface area contributed by atoms with Gasteiger partial charge in [-0.05, 0) is 30.5 Å². The summed E-state index contributed by atoms with van der Waals surface area (Å²) in [5.74, 6) is -0.371. The van der Waals surface area contributed by atoms with Gasteiger partial charge in [-0.25, -0.2) is 0 Å². The van der Waals surface area contributed by atoms with Crippen molar-refractivity contribution in [3.05, 3.63) is 47.5 Å². The van der Waals surface area contributed by atoms with Crippen molar-refractivity contribution in [3.8, 4) is 57.1 Å². The van der Waals surface area contributed by atoms with Gasteiger partial charge in [0.25, 0.3) is 0 Å². The highest BCUT2D eigenvalue weighted by Crippen LogP contribution is 2.56. The molecule has 0 aromatic heterocycles. The van der Waals surface area contributed by atoms with Crippen LogP contribution in [0.1, 0.15) is 23.7 Å². The number of fused-ring (bicyclic) bond motifs is 5. The fourth-order valence-electron chi connectivity index (χ4n) is 3.78. The Morgan fingerprint density at radius 2 is 1.48 bits per heavy atom. The number of aromatic hydroxyl groups is 5. The van der Waals surface area contributed by atoms with E-state index in [0.717, 1.165) is 0 Å². The highest BCUT2D eigenvalue weighted by molar-refractivity contribution is 5.89. The van der Waals surface area contributed by atoms with Crippen molar-refractivity contribution in [2.24, 2.45) is 0 Å². The molecule has 0 saturated carbocycles. The fourth-order valence-corrected chi connectivity index (χ4v) is 3.78. The Hall–Kier alpha value is -3.94. The molecule has 5 rings (SSSR count). The summed E-state index contributed by atoms with van der Waals surface area (Å²) < 4.78 is 6.17. The Morgan fingerprint density at radius 3 is 2.24 bits per heavy atom. The number of phenols is 5. The fraction of sp³-hybridized carbons (Fsp3) is 0.143. The van der Waals surface area contributed by atoms with Gasteiger partial charge >= 0.3 is 0 Å². The lowest BCUT2D eigenvalue weighted by Crippen LogP contribution is -2.18. The van der Waals surface area contributed by atoms with E-state index < -0.39 is 6.10 Å². The van der Waals surface area contributed by atoms with Gasteiger partial charge < -0.3 is 30.3 Å². The van der Waals surface area contributed by atoms with Crippen molar-refractivity contribution in [1.82, 2.24) is 0 Å². The predicted molar refractivity (Wildman–Crippen MR) is 99.6 cm³/mol. The van der Waals surface area contributed by atoms with Crippen molar-refractivity contribution >= 4 is 0 Å². The summed E-state index contributed by atoms with van der Waals surface area (Å²) in [4.78, 5) is 10.4. The zero-order chi connectivity index (χ0) is 20.3. The number of benzene rings is 3. The molecule has 0 unspecified atom stereocenters. The average Bonchev–Trinajstić information content (AvgIpc) is 2.69. The molecule has 0 radical (unpaired) electrons. The van der Waals surface area contributed by atoms with E-state index in [1.54, 1.807) is 6.07 Å². The molecule has 0 aliphatic carbocycles. The van der Waals surface area contributed by atoms with Crippen molar-refractivity contribution in [3.63, 3.8) is 0 Å². The third-order valence-corrected chi connectivity index (χ3v) is 5.15. The number of rotatable bonds is 1. The molecular formula is C21H16O8. The maximum absolute atomic E-state index is 10.4. The van der Waals surface area contributed by atoms with Crippen LogP contribution in [0.4, 0.5) is 0 Å². The summed E-state index contributed by atoms with van der Waals surface area (Å²) in [6.07, 6.45) is 0.524. The summed E-state index contributed by atoms with van der Waals surface area (Å²) in [7, 11) is 0. The molecule has 8 heteroatoms. The number of hydrogen-bond donors (Lipinski definition) is 5. The van der Waals surface area contributed by atoms with E-state index in [9.17, 15) is 25.5 Å². The number of hydrogen-bond acceptors (Lipinski definition) is 8. The van der Waals surface area contributed by atoms with Gasteiger partial charge in [-0.1, -0.05) is 6.07 Å². The molecule has 3 aromatic carbocycles. The highest BCUT2D eigenvalue weighted by atomic mass is 17.2. The van der Waals surface area contributed by atoms with E-state index >= 15 is 0 Å². The first-order valence-electron chi connectivity index (χ1n) is 8.90. The molecule has 2 aliphatic heterocycles. The second kappa shape index (κ2) is 6.03. The molecule has 0 bridgehead atoms. The van der Waals surface area contributed by atoms with Gasteiger partial charge in [-0.3, -0.25) is 9.78 Å². The molecule has 148 valence electrons. The quantitative estimate of drug-likeness (QED) is 0.312. The molecule has 29 heavy (non-hydrogen) atoms. The monoisotopic (exact) mass is 396 g/mol. The summed E-state index contributed by atoms with van der Waals surface area (Å²) in [6, 6.07) is 8.30. The van der Waals surface area contributed by atoms with Crippen molar-refractivity contribution in [1.29, 1.82) is 0 Å². The molecule has 8 nitrogen and oxygen atoms in total. The molecule has 0 fully saturated rings. The van der Waals surface area contributed by atoms with Crippen LogP contribution < -0.4 is 14.5 Å². The van der Waals surface area contributed by atoms with Crippen LogP contribution in [-0.2, 0) is 6.42 Å². The van der Waals surface area contributed by atoms with Gasteiger partial charge in [0.1, 0.15) is 29.1 Å². The first-order valence-corrected chi connectivity index (χ1v) is 8.90. The lowest BCUT2D eigenvalue weighted by Gasteiger charge is -2.31. The largest absolute Gasteiger partial charge is 0.508 e. The average molecular weight is 396 g/mol. The molecule has 2 aliphatic rings. The molecule has 0 saturated heterocycles. The molecule has 0 amide bonds. The Morgan fingerprint density at radius 1 is 0.724 bits per heavy atom. The molecule has 2 heterocycles. The van der Waals surface area contributed by atoms with Crippen LogP contribution in [0, 0.1) is 0 Å². The van der Waals surface area contributed by atoms with E-state index in [0.29, 0.717) is 35.3 Å². The van der Waals surface area contributed by atoms with Gasteiger partial charge in [0.2, 0.25) is 0 Å². The van der Waals surface area contributed by atoms with E-state index in [1.165, 1.54) is 30.3 Å². The lowest BCUT2D eigenvalue weighted by molar-refractivity contribution is -0.103.